The Hall–Kier alpha value is -0.530. The summed E-state index contributed by atoms with van der Waals surface area (Å²) in [5, 5.41) is 0. The van der Waals surface area contributed by atoms with E-state index in [2.05, 4.69) is 20.8 Å². The van der Waals surface area contributed by atoms with Crippen LogP contribution < -0.4 is 0 Å². The van der Waals surface area contributed by atoms with E-state index in [0.29, 0.717) is 6.61 Å². The van der Waals surface area contributed by atoms with Crippen molar-refractivity contribution in [2.75, 3.05) is 6.61 Å². The number of carbonyl (C=O) groups excluding carboxylic acids is 1. The Morgan fingerprint density at radius 3 is 1.59 bits per heavy atom. The van der Waals surface area contributed by atoms with Crippen LogP contribution in [0.4, 0.5) is 0 Å². The van der Waals surface area contributed by atoms with Gasteiger partial charge in [0, 0.05) is 0 Å². The third-order valence-electron chi connectivity index (χ3n) is 4.35. The quantitative estimate of drug-likeness (QED) is 0.235. The number of hydrogen-bond acceptors (Lipinski definition) is 2. The summed E-state index contributed by atoms with van der Waals surface area (Å²) < 4.78 is 5.44. The molecule has 0 N–H and O–H groups in total. The van der Waals surface area contributed by atoms with E-state index in [1.54, 1.807) is 0 Å². The SMILES string of the molecule is CCCCCCCCCCCCOC(=O)C(CCC)CCC. The molecular weight excluding hydrogens is 272 g/mol. The van der Waals surface area contributed by atoms with Crippen LogP contribution in [0.1, 0.15) is 111 Å². The minimum Gasteiger partial charge on any atom is -0.465 e. The van der Waals surface area contributed by atoms with Crippen LogP contribution in [0.25, 0.3) is 0 Å². The van der Waals surface area contributed by atoms with E-state index in [9.17, 15) is 4.79 Å². The van der Waals surface area contributed by atoms with Crippen molar-refractivity contribution in [2.45, 2.75) is 111 Å². The molecule has 0 radical (unpaired) electrons. The summed E-state index contributed by atoms with van der Waals surface area (Å²) in [5.41, 5.74) is 0. The average molecular weight is 313 g/mol. The van der Waals surface area contributed by atoms with Crippen molar-refractivity contribution in [3.63, 3.8) is 0 Å². The van der Waals surface area contributed by atoms with E-state index < -0.39 is 0 Å². The van der Waals surface area contributed by atoms with Gasteiger partial charge in [-0.05, 0) is 19.3 Å². The van der Waals surface area contributed by atoms with Crippen molar-refractivity contribution in [1.82, 2.24) is 0 Å². The highest BCUT2D eigenvalue weighted by molar-refractivity contribution is 5.72. The highest BCUT2D eigenvalue weighted by Gasteiger charge is 2.17. The molecular formula is C20H40O2. The summed E-state index contributed by atoms with van der Waals surface area (Å²) in [5.74, 6) is 0.178. The van der Waals surface area contributed by atoms with Gasteiger partial charge in [0.1, 0.15) is 0 Å². The molecule has 0 heterocycles. The minimum atomic E-state index is 0.0413. The standard InChI is InChI=1S/C20H40O2/c1-4-7-8-9-10-11-12-13-14-15-18-22-20(21)19(16-5-2)17-6-3/h19H,4-18H2,1-3H3. The van der Waals surface area contributed by atoms with Gasteiger partial charge in [0.25, 0.3) is 0 Å². The van der Waals surface area contributed by atoms with Crippen LogP contribution in [0, 0.1) is 5.92 Å². The van der Waals surface area contributed by atoms with Gasteiger partial charge in [-0.25, -0.2) is 0 Å². The molecule has 0 saturated heterocycles. The molecule has 0 saturated carbocycles. The zero-order valence-electron chi connectivity index (χ0n) is 15.5. The summed E-state index contributed by atoms with van der Waals surface area (Å²) in [7, 11) is 0. The van der Waals surface area contributed by atoms with E-state index >= 15 is 0 Å². The molecule has 0 aromatic carbocycles. The second kappa shape index (κ2) is 16.8. The third kappa shape index (κ3) is 13.2. The highest BCUT2D eigenvalue weighted by Crippen LogP contribution is 2.16. The van der Waals surface area contributed by atoms with Crippen molar-refractivity contribution in [1.29, 1.82) is 0 Å². The molecule has 0 bridgehead atoms. The summed E-state index contributed by atoms with van der Waals surface area (Å²) in [6.07, 6.45) is 17.3. The summed E-state index contributed by atoms with van der Waals surface area (Å²) >= 11 is 0. The molecule has 0 aliphatic heterocycles. The lowest BCUT2D eigenvalue weighted by Crippen LogP contribution is -2.18. The minimum absolute atomic E-state index is 0.0413. The number of esters is 1. The van der Waals surface area contributed by atoms with Crippen molar-refractivity contribution in [3.8, 4) is 0 Å². The maximum atomic E-state index is 12.0. The molecule has 0 fully saturated rings. The fraction of sp³-hybridized carbons (Fsp3) is 0.950. The third-order valence-corrected chi connectivity index (χ3v) is 4.35. The number of unbranched alkanes of at least 4 members (excludes halogenated alkanes) is 9. The van der Waals surface area contributed by atoms with Crippen LogP contribution in [-0.2, 0) is 9.53 Å². The van der Waals surface area contributed by atoms with Crippen LogP contribution in [0.15, 0.2) is 0 Å². The van der Waals surface area contributed by atoms with E-state index in [1.165, 1.54) is 57.8 Å². The number of rotatable bonds is 16. The van der Waals surface area contributed by atoms with E-state index in [1.807, 2.05) is 0 Å². The molecule has 22 heavy (non-hydrogen) atoms. The van der Waals surface area contributed by atoms with Crippen LogP contribution in [0.3, 0.4) is 0 Å². The van der Waals surface area contributed by atoms with Gasteiger partial charge in [0.05, 0.1) is 12.5 Å². The van der Waals surface area contributed by atoms with Gasteiger partial charge >= 0.3 is 5.97 Å². The van der Waals surface area contributed by atoms with Crippen molar-refractivity contribution in [3.05, 3.63) is 0 Å². The maximum Gasteiger partial charge on any atom is 0.308 e. The molecule has 0 atom stereocenters. The fourth-order valence-corrected chi connectivity index (χ4v) is 2.96. The van der Waals surface area contributed by atoms with Gasteiger partial charge in [-0.3, -0.25) is 4.79 Å². The molecule has 2 nitrogen and oxygen atoms in total. The molecule has 0 rings (SSSR count). The van der Waals surface area contributed by atoms with Crippen LogP contribution in [-0.4, -0.2) is 12.6 Å². The van der Waals surface area contributed by atoms with Gasteiger partial charge in [0.2, 0.25) is 0 Å². The number of carbonyl (C=O) groups is 1. The first-order valence-electron chi connectivity index (χ1n) is 9.92. The van der Waals surface area contributed by atoms with E-state index in [0.717, 1.165) is 32.1 Å². The molecule has 2 heteroatoms. The molecule has 0 spiro atoms. The lowest BCUT2D eigenvalue weighted by molar-refractivity contribution is -0.149. The zero-order chi connectivity index (χ0) is 16.5. The van der Waals surface area contributed by atoms with Crippen molar-refractivity contribution >= 4 is 5.97 Å². The monoisotopic (exact) mass is 312 g/mol. The predicted molar refractivity (Wildman–Crippen MR) is 96.1 cm³/mol. The lowest BCUT2D eigenvalue weighted by Gasteiger charge is -2.14. The van der Waals surface area contributed by atoms with Gasteiger partial charge < -0.3 is 4.74 Å². The Morgan fingerprint density at radius 1 is 0.682 bits per heavy atom. The molecule has 0 aromatic heterocycles. The van der Waals surface area contributed by atoms with Crippen LogP contribution in [0.2, 0.25) is 0 Å². The molecule has 0 aliphatic carbocycles. The second-order valence-corrected chi connectivity index (χ2v) is 6.62. The Labute approximate surface area is 139 Å². The van der Waals surface area contributed by atoms with Crippen LogP contribution in [0.5, 0.6) is 0 Å². The molecule has 0 unspecified atom stereocenters. The normalized spacial score (nSPS) is 11.1. The summed E-state index contributed by atoms with van der Waals surface area (Å²) in [4.78, 5) is 12.0. The highest BCUT2D eigenvalue weighted by atomic mass is 16.5. The van der Waals surface area contributed by atoms with Gasteiger partial charge in [-0.1, -0.05) is 91.4 Å². The molecule has 132 valence electrons. The Bertz CT molecular complexity index is 232. The average Bonchev–Trinajstić information content (AvgIpc) is 2.52. The summed E-state index contributed by atoms with van der Waals surface area (Å²) in [6, 6.07) is 0. The zero-order valence-corrected chi connectivity index (χ0v) is 15.5. The van der Waals surface area contributed by atoms with E-state index in [4.69, 9.17) is 4.74 Å². The van der Waals surface area contributed by atoms with Gasteiger partial charge in [-0.15, -0.1) is 0 Å². The smallest absolute Gasteiger partial charge is 0.308 e. The molecule has 0 aromatic rings. The topological polar surface area (TPSA) is 26.3 Å². The molecule has 0 amide bonds. The lowest BCUT2D eigenvalue weighted by atomic mass is 9.99. The first-order valence-corrected chi connectivity index (χ1v) is 9.92. The largest absolute Gasteiger partial charge is 0.465 e. The van der Waals surface area contributed by atoms with Crippen molar-refractivity contribution in [2.24, 2.45) is 5.92 Å². The van der Waals surface area contributed by atoms with Crippen molar-refractivity contribution < 1.29 is 9.53 Å². The van der Waals surface area contributed by atoms with Gasteiger partial charge in [0.15, 0.2) is 0 Å². The van der Waals surface area contributed by atoms with E-state index in [-0.39, 0.29) is 11.9 Å². The Balaban J connectivity index is 3.39. The first-order chi connectivity index (χ1) is 10.8. The Morgan fingerprint density at radius 2 is 1.14 bits per heavy atom. The van der Waals surface area contributed by atoms with Gasteiger partial charge in [-0.2, -0.15) is 0 Å². The maximum absolute atomic E-state index is 12.0. The van der Waals surface area contributed by atoms with Crippen LogP contribution >= 0.6 is 0 Å². The first kappa shape index (κ1) is 21.5. The second-order valence-electron chi connectivity index (χ2n) is 6.62. The number of hydrogen-bond donors (Lipinski definition) is 0. The summed E-state index contributed by atoms with van der Waals surface area (Å²) in [6.45, 7) is 7.16. The molecule has 0 aliphatic rings. The Kier molecular flexibility index (Phi) is 16.4. The predicted octanol–water partition coefficient (Wildman–Crippen LogP) is 6.67. The fourth-order valence-electron chi connectivity index (χ4n) is 2.96. The number of ether oxygens (including phenoxy) is 1.